The van der Waals surface area contributed by atoms with E-state index in [1.807, 2.05) is 29.2 Å². The number of aromatic hydroxyl groups is 1. The summed E-state index contributed by atoms with van der Waals surface area (Å²) in [5, 5.41) is 9.49. The second kappa shape index (κ2) is 8.29. The van der Waals surface area contributed by atoms with Crippen LogP contribution in [0.3, 0.4) is 0 Å². The minimum Gasteiger partial charge on any atom is -0.508 e. The number of aromatic nitrogens is 1. The van der Waals surface area contributed by atoms with Crippen LogP contribution < -0.4 is 10.9 Å². The average Bonchev–Trinajstić information content (AvgIpc) is 3.04. The topological polar surface area (TPSA) is 77.5 Å². The summed E-state index contributed by atoms with van der Waals surface area (Å²) in [6, 6.07) is 10.9. The van der Waals surface area contributed by atoms with Crippen molar-refractivity contribution in [2.45, 2.75) is 45.4 Å². The highest BCUT2D eigenvalue weighted by atomic mass is 16.3. The second-order valence-electron chi connectivity index (χ2n) is 6.86. The average molecular weight is 354 g/mol. The molecule has 26 heavy (non-hydrogen) atoms. The number of hydrogen-bond donors (Lipinski definition) is 3. The monoisotopic (exact) mass is 354 g/mol. The highest BCUT2D eigenvalue weighted by Crippen LogP contribution is 2.21. The Morgan fingerprint density at radius 2 is 1.69 bits per heavy atom. The zero-order valence-electron chi connectivity index (χ0n) is 15.2. The summed E-state index contributed by atoms with van der Waals surface area (Å²) in [6.07, 6.45) is 4.45. The van der Waals surface area contributed by atoms with Crippen molar-refractivity contribution in [2.24, 2.45) is 5.92 Å². The Balaban J connectivity index is 1.79. The van der Waals surface area contributed by atoms with Crippen molar-refractivity contribution in [1.29, 1.82) is 0 Å². The Morgan fingerprint density at radius 1 is 1.08 bits per heavy atom. The van der Waals surface area contributed by atoms with Crippen molar-refractivity contribution < 1.29 is 9.90 Å². The Hall–Kier alpha value is -2.44. The van der Waals surface area contributed by atoms with Crippen molar-refractivity contribution in [3.8, 4) is 5.75 Å². The molecule has 0 spiro atoms. The summed E-state index contributed by atoms with van der Waals surface area (Å²) < 4.78 is 0. The van der Waals surface area contributed by atoms with Gasteiger partial charge in [0.2, 0.25) is 5.91 Å². The van der Waals surface area contributed by atoms with Crippen LogP contribution >= 0.6 is 0 Å². The van der Waals surface area contributed by atoms with Gasteiger partial charge in [-0.15, -0.1) is 0 Å². The number of amides is 1. The fourth-order valence-corrected chi connectivity index (χ4v) is 3.39. The lowest BCUT2D eigenvalue weighted by atomic mass is 9.94. The summed E-state index contributed by atoms with van der Waals surface area (Å²) in [6.45, 7) is 5.23. The van der Waals surface area contributed by atoms with Crippen LogP contribution in [0.1, 0.15) is 31.4 Å². The molecule has 3 atom stereocenters. The van der Waals surface area contributed by atoms with Gasteiger partial charge in [-0.25, -0.2) is 5.43 Å². The smallest absolute Gasteiger partial charge is 0.242 e. The molecule has 0 aliphatic carbocycles. The Morgan fingerprint density at radius 3 is 2.27 bits per heavy atom. The summed E-state index contributed by atoms with van der Waals surface area (Å²) in [5.41, 5.74) is 8.43. The molecular weight excluding hydrogens is 328 g/mol. The number of nitrogens with zero attached hydrogens (tertiary/aromatic N) is 2. The van der Waals surface area contributed by atoms with Crippen LogP contribution in [0.25, 0.3) is 0 Å². The molecule has 1 aromatic carbocycles. The van der Waals surface area contributed by atoms with Gasteiger partial charge < -0.3 is 10.0 Å². The zero-order chi connectivity index (χ0) is 18.5. The first-order valence-corrected chi connectivity index (χ1v) is 9.05. The number of nitrogens with one attached hydrogen (secondary N) is 2. The van der Waals surface area contributed by atoms with Crippen molar-refractivity contribution in [1.82, 2.24) is 20.7 Å². The quantitative estimate of drug-likeness (QED) is 0.741. The molecule has 2 aromatic rings. The maximum absolute atomic E-state index is 13.3. The number of phenols is 1. The number of carbonyl (C=O) groups is 1. The summed E-state index contributed by atoms with van der Waals surface area (Å²) >= 11 is 0. The fourth-order valence-electron chi connectivity index (χ4n) is 3.39. The zero-order valence-corrected chi connectivity index (χ0v) is 15.2. The molecule has 1 fully saturated rings. The van der Waals surface area contributed by atoms with Crippen molar-refractivity contribution in [3.63, 3.8) is 0 Å². The van der Waals surface area contributed by atoms with E-state index in [1.165, 1.54) is 0 Å². The van der Waals surface area contributed by atoms with Crippen LogP contribution in [0.15, 0.2) is 48.8 Å². The van der Waals surface area contributed by atoms with Gasteiger partial charge in [-0.1, -0.05) is 26.0 Å². The van der Waals surface area contributed by atoms with Crippen LogP contribution in [0.4, 0.5) is 0 Å². The molecule has 1 amide bonds. The lowest BCUT2D eigenvalue weighted by Gasteiger charge is -2.28. The van der Waals surface area contributed by atoms with E-state index in [2.05, 4.69) is 29.7 Å². The van der Waals surface area contributed by atoms with Gasteiger partial charge in [0.25, 0.3) is 0 Å². The molecule has 0 bridgehead atoms. The number of benzene rings is 1. The molecule has 3 unspecified atom stereocenters. The van der Waals surface area contributed by atoms with Crippen molar-refractivity contribution in [2.75, 3.05) is 0 Å². The molecule has 3 N–H and O–H groups in total. The van der Waals surface area contributed by atoms with E-state index in [4.69, 9.17) is 0 Å². The maximum Gasteiger partial charge on any atom is 0.242 e. The minimum atomic E-state index is -0.251. The van der Waals surface area contributed by atoms with Crippen LogP contribution in [-0.2, 0) is 17.9 Å². The van der Waals surface area contributed by atoms with Gasteiger partial charge in [-0.2, -0.15) is 0 Å². The second-order valence-corrected chi connectivity index (χ2v) is 6.86. The number of hydrogen-bond acceptors (Lipinski definition) is 5. The number of pyridine rings is 1. The molecule has 6 nitrogen and oxygen atoms in total. The van der Waals surface area contributed by atoms with E-state index >= 15 is 0 Å². The van der Waals surface area contributed by atoms with E-state index < -0.39 is 0 Å². The predicted octanol–water partition coefficient (Wildman–Crippen LogP) is 2.21. The van der Waals surface area contributed by atoms with E-state index in [0.717, 1.165) is 17.5 Å². The van der Waals surface area contributed by atoms with E-state index in [1.54, 1.807) is 24.5 Å². The molecule has 3 rings (SSSR count). The normalized spacial score (nSPS) is 22.3. The molecule has 1 saturated heterocycles. The summed E-state index contributed by atoms with van der Waals surface area (Å²) in [5.74, 6) is 0.514. The maximum atomic E-state index is 13.3. The fraction of sp³-hybridized carbons (Fsp3) is 0.400. The van der Waals surface area contributed by atoms with Gasteiger partial charge in [0.05, 0.1) is 0 Å². The van der Waals surface area contributed by atoms with Crippen molar-refractivity contribution in [3.05, 3.63) is 59.9 Å². The van der Waals surface area contributed by atoms with Crippen LogP contribution in [0.2, 0.25) is 0 Å². The standard InChI is InChI=1S/C20H26N4O2/c1-3-18-14(2)19(23-22-18)20(26)24(13-16-8-10-21-11-9-16)12-15-4-6-17(25)7-5-15/h4-11,14,18-19,22-23,25H,3,12-13H2,1-2H3. The van der Waals surface area contributed by atoms with Gasteiger partial charge in [0.15, 0.2) is 0 Å². The van der Waals surface area contributed by atoms with Gasteiger partial charge in [0.1, 0.15) is 11.8 Å². The molecule has 0 saturated carbocycles. The SMILES string of the molecule is CCC1NNC(C(=O)N(Cc2ccncc2)Cc2ccc(O)cc2)C1C. The highest BCUT2D eigenvalue weighted by molar-refractivity contribution is 5.82. The molecule has 1 aromatic heterocycles. The summed E-state index contributed by atoms with van der Waals surface area (Å²) in [4.78, 5) is 19.2. The third kappa shape index (κ3) is 4.20. The van der Waals surface area contributed by atoms with E-state index in [-0.39, 0.29) is 23.6 Å². The van der Waals surface area contributed by atoms with Crippen LogP contribution in [0.5, 0.6) is 5.75 Å². The molecule has 1 aliphatic heterocycles. The predicted molar refractivity (Wildman–Crippen MR) is 99.9 cm³/mol. The minimum absolute atomic E-state index is 0.0748. The van der Waals surface area contributed by atoms with Crippen LogP contribution in [0, 0.1) is 5.92 Å². The van der Waals surface area contributed by atoms with Gasteiger partial charge in [-0.3, -0.25) is 15.2 Å². The molecule has 6 heteroatoms. The van der Waals surface area contributed by atoms with E-state index in [9.17, 15) is 9.90 Å². The summed E-state index contributed by atoms with van der Waals surface area (Å²) in [7, 11) is 0. The third-order valence-corrected chi connectivity index (χ3v) is 5.03. The van der Waals surface area contributed by atoms with E-state index in [0.29, 0.717) is 19.1 Å². The number of phenolic OH excluding ortho intramolecular Hbond substituents is 1. The first kappa shape index (κ1) is 18.4. The van der Waals surface area contributed by atoms with Gasteiger partial charge >= 0.3 is 0 Å². The van der Waals surface area contributed by atoms with Gasteiger partial charge in [0, 0.05) is 31.5 Å². The number of carbonyl (C=O) groups excluding carboxylic acids is 1. The molecule has 138 valence electrons. The van der Waals surface area contributed by atoms with Gasteiger partial charge in [-0.05, 0) is 47.7 Å². The number of rotatable bonds is 6. The third-order valence-electron chi connectivity index (χ3n) is 5.03. The Kier molecular flexibility index (Phi) is 5.85. The number of hydrazine groups is 1. The van der Waals surface area contributed by atoms with Crippen molar-refractivity contribution >= 4 is 5.91 Å². The largest absolute Gasteiger partial charge is 0.508 e. The first-order valence-electron chi connectivity index (χ1n) is 9.05. The molecule has 2 heterocycles. The molecular formula is C20H26N4O2. The highest BCUT2D eigenvalue weighted by Gasteiger charge is 2.38. The Labute approximate surface area is 154 Å². The van der Waals surface area contributed by atoms with Crippen LogP contribution in [-0.4, -0.2) is 33.0 Å². The first-order chi connectivity index (χ1) is 12.6. The Bertz CT molecular complexity index is 720. The lowest BCUT2D eigenvalue weighted by Crippen LogP contribution is -2.46. The molecule has 0 radical (unpaired) electrons. The lowest BCUT2D eigenvalue weighted by molar-refractivity contribution is -0.135. The molecule has 1 aliphatic rings.